The van der Waals surface area contributed by atoms with Crippen LogP contribution in [0.15, 0.2) is 0 Å². The topological polar surface area (TPSA) is 155 Å². The van der Waals surface area contributed by atoms with Gasteiger partial charge in [-0.3, -0.25) is 9.59 Å². The summed E-state index contributed by atoms with van der Waals surface area (Å²) in [6.07, 6.45) is 31.6. The molecule has 0 aliphatic carbocycles. The molecule has 0 radical (unpaired) electrons. The first-order valence-electron chi connectivity index (χ1n) is 19.8. The molecule has 0 aliphatic rings. The van der Waals surface area contributed by atoms with Crippen molar-refractivity contribution in [1.82, 2.24) is 0 Å². The Labute approximate surface area is 308 Å². The summed E-state index contributed by atoms with van der Waals surface area (Å²) in [6, 6.07) is 0. The molecule has 0 aromatic rings. The van der Waals surface area contributed by atoms with Gasteiger partial charge in [0.2, 0.25) is 0 Å². The standard InChI is InChI=1S/C16H32O2.C14H28O2.2C5H11NO2/c1-2-3-4-5-6-7-8-9-10-11-12-13-14-15-16(17)18;1-2-3-4-5-6-7-8-9-10-11-12-13-14(15)16;2*1-6(2,3)4-5(7)8/h2-15H2,1H3,(H,17,18);2-13H2,1H3,(H,15,16);2*4H2,1-3H3. The maximum atomic E-state index is 10.3. The first-order valence-corrected chi connectivity index (χ1v) is 19.8. The molecule has 0 bridgehead atoms. The lowest BCUT2D eigenvalue weighted by molar-refractivity contribution is -0.864. The molecule has 2 N–H and O–H groups in total. The van der Waals surface area contributed by atoms with Crippen LogP contribution in [0.5, 0.6) is 0 Å². The van der Waals surface area contributed by atoms with E-state index in [9.17, 15) is 29.4 Å². The molecular formula is C40H82N2O8. The minimum atomic E-state index is -1.00. The number of likely N-dealkylation sites (N-methyl/N-ethyl adjacent to an activating group) is 2. The Morgan fingerprint density at radius 3 is 0.680 bits per heavy atom. The van der Waals surface area contributed by atoms with E-state index in [0.29, 0.717) is 21.8 Å². The van der Waals surface area contributed by atoms with Crippen LogP contribution in [-0.4, -0.2) is 98.4 Å². The summed E-state index contributed by atoms with van der Waals surface area (Å²) in [5.41, 5.74) is 0. The van der Waals surface area contributed by atoms with Crippen LogP contribution in [0.4, 0.5) is 0 Å². The number of nitrogens with zero attached hydrogens (tertiary/aromatic N) is 2. The summed E-state index contributed by atoms with van der Waals surface area (Å²) < 4.78 is 0.838. The first kappa shape index (κ1) is 54.6. The normalized spacial score (nSPS) is 10.9. The fraction of sp³-hybridized carbons (Fsp3) is 0.900. The highest BCUT2D eigenvalue weighted by Gasteiger charge is 2.05. The highest BCUT2D eigenvalue weighted by Crippen LogP contribution is 2.13. The molecule has 0 saturated carbocycles. The van der Waals surface area contributed by atoms with Crippen molar-refractivity contribution in [2.75, 3.05) is 55.4 Å². The van der Waals surface area contributed by atoms with Crippen LogP contribution in [0.25, 0.3) is 0 Å². The van der Waals surface area contributed by atoms with E-state index in [1.54, 1.807) is 42.3 Å². The molecule has 50 heavy (non-hydrogen) atoms. The SMILES string of the molecule is CCCCCCCCCCCCCC(=O)O.CCCCCCCCCCCCCCCC(=O)O.C[N+](C)(C)CC(=O)[O-].C[N+](C)(C)CC(=O)[O-]. The summed E-state index contributed by atoms with van der Waals surface area (Å²) in [4.78, 5) is 40.3. The minimum absolute atomic E-state index is 0.0694. The number of carbonyl (C=O) groups is 4. The van der Waals surface area contributed by atoms with Gasteiger partial charge >= 0.3 is 11.9 Å². The maximum Gasteiger partial charge on any atom is 0.303 e. The average molecular weight is 719 g/mol. The van der Waals surface area contributed by atoms with Crippen LogP contribution in [0.1, 0.15) is 181 Å². The van der Waals surface area contributed by atoms with Gasteiger partial charge in [-0.2, -0.15) is 0 Å². The van der Waals surface area contributed by atoms with Crippen molar-refractivity contribution in [2.45, 2.75) is 181 Å². The second-order valence-electron chi connectivity index (χ2n) is 15.7. The first-order chi connectivity index (χ1) is 23.4. The summed E-state index contributed by atoms with van der Waals surface area (Å²) in [5.74, 6) is -3.32. The van der Waals surface area contributed by atoms with Crippen molar-refractivity contribution in [2.24, 2.45) is 0 Å². The third-order valence-electron chi connectivity index (χ3n) is 7.70. The monoisotopic (exact) mass is 719 g/mol. The van der Waals surface area contributed by atoms with Crippen LogP contribution in [0.2, 0.25) is 0 Å². The molecule has 0 spiro atoms. The van der Waals surface area contributed by atoms with E-state index < -0.39 is 23.9 Å². The Hall–Kier alpha value is -2.20. The van der Waals surface area contributed by atoms with Crippen molar-refractivity contribution in [3.8, 4) is 0 Å². The van der Waals surface area contributed by atoms with E-state index in [4.69, 9.17) is 10.2 Å². The van der Waals surface area contributed by atoms with Crippen LogP contribution in [-0.2, 0) is 19.2 Å². The molecule has 0 fully saturated rings. The number of unbranched alkanes of at least 4 members (excludes halogenated alkanes) is 22. The van der Waals surface area contributed by atoms with Crippen molar-refractivity contribution in [1.29, 1.82) is 0 Å². The van der Waals surface area contributed by atoms with Crippen LogP contribution in [0, 0.1) is 0 Å². The molecule has 10 heteroatoms. The zero-order valence-electron chi connectivity index (χ0n) is 34.0. The smallest absolute Gasteiger partial charge is 0.303 e. The molecule has 0 unspecified atom stereocenters. The molecule has 0 rings (SSSR count). The Balaban J connectivity index is -0.000000300. The molecule has 0 aromatic carbocycles. The Bertz CT molecular complexity index is 750. The predicted octanol–water partition coefficient (Wildman–Crippen LogP) is 7.21. The Morgan fingerprint density at radius 1 is 0.380 bits per heavy atom. The summed E-state index contributed by atoms with van der Waals surface area (Å²) in [5, 5.41) is 36.7. The van der Waals surface area contributed by atoms with Crippen molar-refractivity contribution < 1.29 is 48.6 Å². The van der Waals surface area contributed by atoms with Gasteiger partial charge in [0.05, 0.1) is 54.2 Å². The van der Waals surface area contributed by atoms with E-state index in [2.05, 4.69) is 13.8 Å². The lowest BCUT2D eigenvalue weighted by atomic mass is 10.0. The number of carbonyl (C=O) groups excluding carboxylic acids is 2. The van der Waals surface area contributed by atoms with Crippen LogP contribution >= 0.6 is 0 Å². The van der Waals surface area contributed by atoms with Gasteiger partial charge in [-0.25, -0.2) is 0 Å². The fourth-order valence-corrected chi connectivity index (χ4v) is 5.01. The second-order valence-corrected chi connectivity index (χ2v) is 15.7. The predicted molar refractivity (Wildman–Crippen MR) is 202 cm³/mol. The van der Waals surface area contributed by atoms with E-state index in [1.807, 2.05) is 0 Å². The molecule has 0 aromatic heterocycles. The van der Waals surface area contributed by atoms with E-state index in [0.717, 1.165) is 25.7 Å². The van der Waals surface area contributed by atoms with Crippen molar-refractivity contribution in [3.63, 3.8) is 0 Å². The number of carboxylic acids is 4. The molecule has 0 aliphatic heterocycles. The summed E-state index contributed by atoms with van der Waals surface area (Å²) >= 11 is 0. The van der Waals surface area contributed by atoms with Crippen molar-refractivity contribution in [3.05, 3.63) is 0 Å². The van der Waals surface area contributed by atoms with Crippen LogP contribution < -0.4 is 10.2 Å². The van der Waals surface area contributed by atoms with Gasteiger partial charge in [0.15, 0.2) is 0 Å². The third-order valence-corrected chi connectivity index (χ3v) is 7.70. The Kier molecular flexibility index (Phi) is 43.2. The minimum Gasteiger partial charge on any atom is -0.544 e. The van der Waals surface area contributed by atoms with E-state index in [-0.39, 0.29) is 13.1 Å². The quantitative estimate of drug-likeness (QED) is 0.0583. The number of quaternary nitrogens is 2. The summed E-state index contributed by atoms with van der Waals surface area (Å²) in [7, 11) is 10.8. The van der Waals surface area contributed by atoms with Gasteiger partial charge in [-0.1, -0.05) is 155 Å². The number of rotatable bonds is 30. The van der Waals surface area contributed by atoms with Gasteiger partial charge in [0.25, 0.3) is 0 Å². The number of hydrogen-bond acceptors (Lipinski definition) is 6. The molecular weight excluding hydrogens is 636 g/mol. The van der Waals surface area contributed by atoms with Crippen molar-refractivity contribution >= 4 is 23.9 Å². The van der Waals surface area contributed by atoms with Gasteiger partial charge in [0.1, 0.15) is 13.1 Å². The zero-order valence-corrected chi connectivity index (χ0v) is 34.0. The summed E-state index contributed by atoms with van der Waals surface area (Å²) in [6.45, 7) is 4.65. The second kappa shape index (κ2) is 39.6. The largest absolute Gasteiger partial charge is 0.544 e. The maximum absolute atomic E-state index is 10.3. The third kappa shape index (κ3) is 71.7. The molecule has 0 atom stereocenters. The van der Waals surface area contributed by atoms with Gasteiger partial charge in [-0.05, 0) is 12.8 Å². The molecule has 0 heterocycles. The lowest BCUT2D eigenvalue weighted by Crippen LogP contribution is -2.45. The average Bonchev–Trinajstić information content (AvgIpc) is 2.96. The van der Waals surface area contributed by atoms with Crippen LogP contribution in [0.3, 0.4) is 0 Å². The molecule has 10 nitrogen and oxygen atoms in total. The molecule has 0 amide bonds. The highest BCUT2D eigenvalue weighted by atomic mass is 16.4. The Morgan fingerprint density at radius 2 is 0.560 bits per heavy atom. The zero-order chi connectivity index (χ0) is 39.1. The molecule has 300 valence electrons. The van der Waals surface area contributed by atoms with E-state index in [1.165, 1.54) is 128 Å². The number of aliphatic carboxylic acids is 4. The number of hydrogen-bond donors (Lipinski definition) is 2. The van der Waals surface area contributed by atoms with Gasteiger partial charge in [-0.15, -0.1) is 0 Å². The van der Waals surface area contributed by atoms with Gasteiger partial charge < -0.3 is 39.0 Å². The number of carboxylic acid groups (broad SMARTS) is 4. The van der Waals surface area contributed by atoms with E-state index >= 15 is 0 Å². The van der Waals surface area contributed by atoms with Gasteiger partial charge in [0, 0.05) is 12.8 Å². The molecule has 0 saturated heterocycles. The lowest BCUT2D eigenvalue weighted by Gasteiger charge is -2.23. The fourth-order valence-electron chi connectivity index (χ4n) is 5.01. The highest BCUT2D eigenvalue weighted by molar-refractivity contribution is 5.67.